The van der Waals surface area contributed by atoms with Gasteiger partial charge in [-0.1, -0.05) is 30.3 Å². The van der Waals surface area contributed by atoms with Crippen molar-refractivity contribution in [3.8, 4) is 0 Å². The van der Waals surface area contributed by atoms with Gasteiger partial charge in [-0.3, -0.25) is 4.79 Å². The molecule has 0 N–H and O–H groups in total. The SMILES string of the molecule is O=C(O[SiH3])C1CCC(c2ccccc2)CC1. The molecule has 1 aromatic carbocycles. The van der Waals surface area contributed by atoms with Crippen LogP contribution in [0, 0.1) is 5.92 Å². The van der Waals surface area contributed by atoms with E-state index in [9.17, 15) is 4.79 Å². The molecule has 0 radical (unpaired) electrons. The molecule has 1 aromatic rings. The normalized spacial score (nSPS) is 25.2. The van der Waals surface area contributed by atoms with Crippen molar-refractivity contribution in [2.45, 2.75) is 31.6 Å². The Kier molecular flexibility index (Phi) is 3.77. The summed E-state index contributed by atoms with van der Waals surface area (Å²) in [6.45, 7) is 0. The first-order chi connectivity index (χ1) is 7.81. The molecule has 0 unspecified atom stereocenters. The number of rotatable bonds is 2. The molecule has 0 aromatic heterocycles. The maximum Gasteiger partial charge on any atom is 0.294 e. The van der Waals surface area contributed by atoms with Crippen molar-refractivity contribution in [2.24, 2.45) is 5.92 Å². The molecule has 1 fully saturated rings. The monoisotopic (exact) mass is 234 g/mol. The predicted molar refractivity (Wildman–Crippen MR) is 67.2 cm³/mol. The van der Waals surface area contributed by atoms with Crippen molar-refractivity contribution in [3.05, 3.63) is 35.9 Å². The van der Waals surface area contributed by atoms with E-state index in [0.29, 0.717) is 16.4 Å². The van der Waals surface area contributed by atoms with E-state index in [-0.39, 0.29) is 11.9 Å². The van der Waals surface area contributed by atoms with Gasteiger partial charge in [0.25, 0.3) is 5.97 Å². The van der Waals surface area contributed by atoms with Gasteiger partial charge in [0.15, 0.2) is 0 Å². The van der Waals surface area contributed by atoms with E-state index in [1.807, 2.05) is 6.07 Å². The van der Waals surface area contributed by atoms with Gasteiger partial charge in [-0.25, -0.2) is 0 Å². The first kappa shape index (κ1) is 11.4. The van der Waals surface area contributed by atoms with Crippen LogP contribution in [0.4, 0.5) is 0 Å². The molecule has 2 rings (SSSR count). The van der Waals surface area contributed by atoms with Crippen LogP contribution in [0.2, 0.25) is 0 Å². The summed E-state index contributed by atoms with van der Waals surface area (Å²) in [5.74, 6) is 0.829. The molecule has 3 heteroatoms. The van der Waals surface area contributed by atoms with Gasteiger partial charge in [-0.05, 0) is 37.2 Å². The van der Waals surface area contributed by atoms with Gasteiger partial charge in [0, 0.05) is 0 Å². The lowest BCUT2D eigenvalue weighted by Crippen LogP contribution is -2.22. The third kappa shape index (κ3) is 2.53. The molecule has 86 valence electrons. The molecule has 1 aliphatic rings. The summed E-state index contributed by atoms with van der Waals surface area (Å²) in [5.41, 5.74) is 1.42. The number of carbonyl (C=O) groups excluding carboxylic acids is 1. The van der Waals surface area contributed by atoms with Crippen molar-refractivity contribution in [2.75, 3.05) is 0 Å². The minimum atomic E-state index is 0.0261. The molecular formula is C13H18O2Si. The fraction of sp³-hybridized carbons (Fsp3) is 0.462. The average molecular weight is 234 g/mol. The van der Waals surface area contributed by atoms with E-state index >= 15 is 0 Å². The maximum absolute atomic E-state index is 11.4. The van der Waals surface area contributed by atoms with Crippen molar-refractivity contribution < 1.29 is 9.22 Å². The van der Waals surface area contributed by atoms with E-state index in [1.165, 1.54) is 5.56 Å². The largest absolute Gasteiger partial charge is 0.529 e. The summed E-state index contributed by atoms with van der Waals surface area (Å²) in [4.78, 5) is 11.4. The van der Waals surface area contributed by atoms with Crippen LogP contribution in [0.25, 0.3) is 0 Å². The molecule has 0 atom stereocenters. The molecule has 1 saturated carbocycles. The Morgan fingerprint density at radius 2 is 1.75 bits per heavy atom. The van der Waals surface area contributed by atoms with Gasteiger partial charge in [0.1, 0.15) is 0 Å². The molecular weight excluding hydrogens is 216 g/mol. The summed E-state index contributed by atoms with van der Waals surface area (Å²) in [6.07, 6.45) is 4.21. The molecule has 0 bridgehead atoms. The summed E-state index contributed by atoms with van der Waals surface area (Å²) in [7, 11) is 0.527. The Hall–Kier alpha value is -1.09. The highest BCUT2D eigenvalue weighted by atomic mass is 28.2. The summed E-state index contributed by atoms with van der Waals surface area (Å²) in [5, 5.41) is 0. The van der Waals surface area contributed by atoms with Crippen molar-refractivity contribution >= 4 is 16.5 Å². The molecule has 0 aliphatic heterocycles. The number of hydrogen-bond acceptors (Lipinski definition) is 2. The number of benzene rings is 1. The van der Waals surface area contributed by atoms with Crippen molar-refractivity contribution in [1.82, 2.24) is 0 Å². The quantitative estimate of drug-likeness (QED) is 0.729. The Morgan fingerprint density at radius 1 is 1.12 bits per heavy atom. The van der Waals surface area contributed by atoms with Gasteiger partial charge in [0.2, 0.25) is 10.5 Å². The van der Waals surface area contributed by atoms with Crippen LogP contribution in [-0.4, -0.2) is 16.5 Å². The van der Waals surface area contributed by atoms with E-state index in [2.05, 4.69) is 24.3 Å². The number of carbonyl (C=O) groups is 1. The van der Waals surface area contributed by atoms with Crippen LogP contribution in [-0.2, 0) is 9.22 Å². The zero-order valence-electron chi connectivity index (χ0n) is 9.69. The third-order valence-corrected chi connectivity index (χ3v) is 3.94. The topological polar surface area (TPSA) is 26.3 Å². The van der Waals surface area contributed by atoms with Crippen molar-refractivity contribution in [1.29, 1.82) is 0 Å². The molecule has 0 heterocycles. The Bertz CT molecular complexity index is 342. The van der Waals surface area contributed by atoms with E-state index < -0.39 is 0 Å². The highest BCUT2D eigenvalue weighted by molar-refractivity contribution is 6.05. The maximum atomic E-state index is 11.4. The predicted octanol–water partition coefficient (Wildman–Crippen LogP) is 1.78. The average Bonchev–Trinajstić information content (AvgIpc) is 2.39. The lowest BCUT2D eigenvalue weighted by molar-refractivity contribution is -0.139. The Labute approximate surface area is 99.5 Å². The van der Waals surface area contributed by atoms with Gasteiger partial charge in [-0.2, -0.15) is 0 Å². The molecule has 16 heavy (non-hydrogen) atoms. The van der Waals surface area contributed by atoms with E-state index in [0.717, 1.165) is 25.7 Å². The molecule has 1 aliphatic carbocycles. The Morgan fingerprint density at radius 3 is 2.31 bits per heavy atom. The molecule has 2 nitrogen and oxygen atoms in total. The van der Waals surface area contributed by atoms with Gasteiger partial charge in [0.05, 0.1) is 5.92 Å². The van der Waals surface area contributed by atoms with Crippen LogP contribution < -0.4 is 0 Å². The van der Waals surface area contributed by atoms with Crippen molar-refractivity contribution in [3.63, 3.8) is 0 Å². The van der Waals surface area contributed by atoms with E-state index in [1.54, 1.807) is 0 Å². The zero-order valence-corrected chi connectivity index (χ0v) is 11.7. The second-order valence-corrected chi connectivity index (χ2v) is 4.89. The van der Waals surface area contributed by atoms with Gasteiger partial charge < -0.3 is 4.43 Å². The minimum absolute atomic E-state index is 0.0261. The van der Waals surface area contributed by atoms with Crippen LogP contribution in [0.15, 0.2) is 30.3 Å². The Balaban J connectivity index is 1.93. The minimum Gasteiger partial charge on any atom is -0.529 e. The second-order valence-electron chi connectivity index (χ2n) is 4.48. The summed E-state index contributed by atoms with van der Waals surface area (Å²) in [6, 6.07) is 10.6. The third-order valence-electron chi connectivity index (χ3n) is 3.53. The molecule has 0 saturated heterocycles. The fourth-order valence-corrected chi connectivity index (χ4v) is 2.89. The standard InChI is InChI=1S/C13H18O2Si/c14-13(15-16)12-8-6-11(7-9-12)10-4-2-1-3-5-10/h1-5,11-12H,6-9H2,16H3. The van der Waals surface area contributed by atoms with Gasteiger partial charge >= 0.3 is 0 Å². The highest BCUT2D eigenvalue weighted by Crippen LogP contribution is 2.35. The zero-order chi connectivity index (χ0) is 11.4. The number of hydrogen-bond donors (Lipinski definition) is 0. The van der Waals surface area contributed by atoms with Crippen LogP contribution in [0.1, 0.15) is 37.2 Å². The molecule has 0 spiro atoms. The highest BCUT2D eigenvalue weighted by Gasteiger charge is 2.26. The van der Waals surface area contributed by atoms with Crippen LogP contribution in [0.5, 0.6) is 0 Å². The first-order valence-corrected chi connectivity index (χ1v) is 6.75. The fourth-order valence-electron chi connectivity index (χ4n) is 2.55. The van der Waals surface area contributed by atoms with E-state index in [4.69, 9.17) is 4.43 Å². The summed E-state index contributed by atoms with van der Waals surface area (Å²) >= 11 is 0. The van der Waals surface area contributed by atoms with Gasteiger partial charge in [-0.15, -0.1) is 0 Å². The van der Waals surface area contributed by atoms with Crippen LogP contribution >= 0.6 is 0 Å². The van der Waals surface area contributed by atoms with Crippen LogP contribution in [0.3, 0.4) is 0 Å². The lowest BCUT2D eigenvalue weighted by atomic mass is 9.79. The summed E-state index contributed by atoms with van der Waals surface area (Å²) < 4.78 is 4.93. The smallest absolute Gasteiger partial charge is 0.294 e. The second kappa shape index (κ2) is 5.30. The lowest BCUT2D eigenvalue weighted by Gasteiger charge is -2.27. The first-order valence-electron chi connectivity index (χ1n) is 5.94. The molecule has 0 amide bonds.